The first-order valence-electron chi connectivity index (χ1n) is 15.0. The number of hydrogen-bond donors (Lipinski definition) is 3. The number of nitrogens with one attached hydrogen (secondary N) is 2. The summed E-state index contributed by atoms with van der Waals surface area (Å²) < 4.78 is 11.0. The molecule has 230 valence electrons. The van der Waals surface area contributed by atoms with Gasteiger partial charge < -0.3 is 29.8 Å². The van der Waals surface area contributed by atoms with Gasteiger partial charge in [0.1, 0.15) is 11.3 Å². The third kappa shape index (κ3) is 6.61. The summed E-state index contributed by atoms with van der Waals surface area (Å²) >= 11 is 1.56. The molecule has 2 fully saturated rings. The number of aliphatic hydroxyl groups is 1. The smallest absolute Gasteiger partial charge is 0.254 e. The van der Waals surface area contributed by atoms with Crippen molar-refractivity contribution < 1.29 is 23.8 Å². The average molecular weight is 616 g/mol. The molecule has 44 heavy (non-hydrogen) atoms. The maximum Gasteiger partial charge on any atom is 0.254 e. The summed E-state index contributed by atoms with van der Waals surface area (Å²) in [5.41, 5.74) is 3.09. The summed E-state index contributed by atoms with van der Waals surface area (Å²) in [5, 5.41) is 20.8. The van der Waals surface area contributed by atoms with Crippen molar-refractivity contribution in [2.45, 2.75) is 62.9 Å². The van der Waals surface area contributed by atoms with Gasteiger partial charge in [0.05, 0.1) is 30.5 Å². The number of aryl methyl sites for hydroxylation is 1. The molecule has 11 heteroatoms. The Morgan fingerprint density at radius 3 is 2.75 bits per heavy atom. The van der Waals surface area contributed by atoms with Gasteiger partial charge in [0.25, 0.3) is 11.8 Å². The summed E-state index contributed by atoms with van der Waals surface area (Å²) in [6.07, 6.45) is 4.88. The number of nitrogens with zero attached hydrogens (tertiary/aromatic N) is 3. The van der Waals surface area contributed by atoms with Crippen LogP contribution in [0.1, 0.15) is 62.3 Å². The predicted octanol–water partition coefficient (Wildman–Crippen LogP) is 4.16. The number of amides is 2. The fraction of sp³-hybridized carbons (Fsp3) is 0.394. The number of methoxy groups -OCH3 is 1. The molecular weight excluding hydrogens is 578 g/mol. The number of aliphatic hydroxyl groups excluding tert-OH is 1. The number of ether oxygens (including phenoxy) is 1. The number of benzene rings is 2. The number of oxazole rings is 1. The van der Waals surface area contributed by atoms with Crippen molar-refractivity contribution in [1.82, 2.24) is 25.5 Å². The Morgan fingerprint density at radius 1 is 1.23 bits per heavy atom. The molecule has 0 spiro atoms. The van der Waals surface area contributed by atoms with E-state index in [0.717, 1.165) is 29.1 Å². The molecule has 0 bridgehead atoms. The van der Waals surface area contributed by atoms with Crippen LogP contribution in [0.4, 0.5) is 0 Å². The van der Waals surface area contributed by atoms with E-state index in [1.54, 1.807) is 36.6 Å². The van der Waals surface area contributed by atoms with Crippen LogP contribution < -0.4 is 10.6 Å². The van der Waals surface area contributed by atoms with Crippen LogP contribution in [-0.2, 0) is 11.2 Å². The molecule has 2 aliphatic rings. The maximum absolute atomic E-state index is 14.0. The first-order valence-corrected chi connectivity index (χ1v) is 15.8. The van der Waals surface area contributed by atoms with Crippen molar-refractivity contribution in [2.75, 3.05) is 20.2 Å². The molecular formula is C33H37N5O5S. The van der Waals surface area contributed by atoms with Crippen LogP contribution in [0.5, 0.6) is 0 Å². The van der Waals surface area contributed by atoms with Gasteiger partial charge in [-0.2, -0.15) is 0 Å². The van der Waals surface area contributed by atoms with E-state index in [4.69, 9.17) is 9.15 Å². The molecule has 2 amide bonds. The van der Waals surface area contributed by atoms with Crippen molar-refractivity contribution in [3.63, 3.8) is 0 Å². The molecule has 5 unspecified atom stereocenters. The molecule has 0 radical (unpaired) electrons. The fourth-order valence-corrected chi connectivity index (χ4v) is 7.10. The topological polar surface area (TPSA) is 130 Å². The van der Waals surface area contributed by atoms with Crippen LogP contribution in [0.15, 0.2) is 70.8 Å². The van der Waals surface area contributed by atoms with E-state index in [-0.39, 0.29) is 29.7 Å². The molecule has 3 N–H and O–H groups in total. The van der Waals surface area contributed by atoms with E-state index < -0.39 is 18.1 Å². The molecule has 6 rings (SSSR count). The van der Waals surface area contributed by atoms with Gasteiger partial charge in [-0.15, -0.1) is 11.3 Å². The van der Waals surface area contributed by atoms with Crippen LogP contribution >= 0.6 is 11.3 Å². The average Bonchev–Trinajstić information content (AvgIpc) is 3.87. The second kappa shape index (κ2) is 13.4. The molecule has 0 saturated carbocycles. The van der Waals surface area contributed by atoms with Crippen molar-refractivity contribution in [1.29, 1.82) is 0 Å². The Labute approximate surface area is 260 Å². The van der Waals surface area contributed by atoms with Crippen molar-refractivity contribution in [3.8, 4) is 11.5 Å². The van der Waals surface area contributed by atoms with Gasteiger partial charge in [-0.05, 0) is 56.4 Å². The van der Waals surface area contributed by atoms with Gasteiger partial charge in [0.15, 0.2) is 0 Å². The number of aromatic nitrogens is 2. The van der Waals surface area contributed by atoms with Crippen molar-refractivity contribution in [3.05, 3.63) is 93.8 Å². The minimum Gasteiger partial charge on any atom is -0.445 e. The summed E-state index contributed by atoms with van der Waals surface area (Å²) in [6.45, 7) is 3.19. The highest BCUT2D eigenvalue weighted by atomic mass is 32.1. The second-order valence-corrected chi connectivity index (χ2v) is 12.4. The number of thiazole rings is 1. The zero-order valence-electron chi connectivity index (χ0n) is 24.8. The van der Waals surface area contributed by atoms with Gasteiger partial charge in [-0.3, -0.25) is 9.59 Å². The quantitative estimate of drug-likeness (QED) is 0.243. The summed E-state index contributed by atoms with van der Waals surface area (Å²) in [5.74, 6) is -0.268. The van der Waals surface area contributed by atoms with E-state index >= 15 is 0 Å². The molecule has 2 aliphatic heterocycles. The molecule has 5 atom stereocenters. The van der Waals surface area contributed by atoms with Gasteiger partial charge in [0, 0.05) is 54.0 Å². The fourth-order valence-electron chi connectivity index (χ4n) is 6.16. The largest absolute Gasteiger partial charge is 0.445 e. The lowest BCUT2D eigenvalue weighted by atomic mass is 9.94. The maximum atomic E-state index is 14.0. The van der Waals surface area contributed by atoms with E-state index in [2.05, 4.69) is 20.6 Å². The summed E-state index contributed by atoms with van der Waals surface area (Å²) in [4.78, 5) is 38.7. The zero-order valence-corrected chi connectivity index (χ0v) is 25.6. The third-order valence-corrected chi connectivity index (χ3v) is 9.52. The predicted molar refractivity (Wildman–Crippen MR) is 166 cm³/mol. The van der Waals surface area contributed by atoms with E-state index in [0.29, 0.717) is 42.9 Å². The lowest BCUT2D eigenvalue weighted by molar-refractivity contribution is 0.0677. The van der Waals surface area contributed by atoms with Crippen LogP contribution in [-0.4, -0.2) is 76.3 Å². The monoisotopic (exact) mass is 615 g/mol. The van der Waals surface area contributed by atoms with E-state index in [1.807, 2.05) is 47.5 Å². The Kier molecular flexibility index (Phi) is 9.17. The van der Waals surface area contributed by atoms with Gasteiger partial charge in [-0.1, -0.05) is 30.3 Å². The number of hydrogen-bond acceptors (Lipinski definition) is 9. The lowest BCUT2D eigenvalue weighted by Gasteiger charge is -2.29. The molecule has 0 aliphatic carbocycles. The summed E-state index contributed by atoms with van der Waals surface area (Å²) in [6, 6.07) is 13.8. The first kappa shape index (κ1) is 30.1. The van der Waals surface area contributed by atoms with Crippen LogP contribution in [0.3, 0.4) is 0 Å². The number of rotatable bonds is 10. The highest BCUT2D eigenvalue weighted by Crippen LogP contribution is 2.35. The molecule has 2 aromatic carbocycles. The van der Waals surface area contributed by atoms with Gasteiger partial charge in [0.2, 0.25) is 5.89 Å². The minimum atomic E-state index is -0.873. The Balaban J connectivity index is 1.29. The summed E-state index contributed by atoms with van der Waals surface area (Å²) in [7, 11) is 1.66. The Bertz CT molecular complexity index is 1580. The van der Waals surface area contributed by atoms with Crippen molar-refractivity contribution >= 4 is 23.2 Å². The number of carbonyl (C=O) groups is 2. The lowest BCUT2D eigenvalue weighted by Crippen LogP contribution is -2.52. The SMILES string of the molecule is COC1CNC(C(O)C(Cc2ccccc2)NC(=O)c2cc(C(=O)N3CCCC3c3nc(C)cs3)cc(-c3ncco3)c2)C1. The number of likely N-dealkylation sites (tertiary alicyclic amines) is 1. The minimum absolute atomic E-state index is 0.00326. The molecule has 10 nitrogen and oxygen atoms in total. The van der Waals surface area contributed by atoms with Crippen molar-refractivity contribution in [2.24, 2.45) is 0 Å². The Hall–Kier alpha value is -3.90. The number of carbonyl (C=O) groups excluding carboxylic acids is 2. The normalized spacial score (nSPS) is 21.3. The molecule has 4 aromatic rings. The highest BCUT2D eigenvalue weighted by molar-refractivity contribution is 7.09. The van der Waals surface area contributed by atoms with E-state index in [9.17, 15) is 14.7 Å². The zero-order chi connectivity index (χ0) is 30.6. The first-order chi connectivity index (χ1) is 21.4. The van der Waals surface area contributed by atoms with Gasteiger partial charge in [-0.25, -0.2) is 9.97 Å². The Morgan fingerprint density at radius 2 is 2.05 bits per heavy atom. The third-order valence-electron chi connectivity index (χ3n) is 8.45. The van der Waals surface area contributed by atoms with Crippen LogP contribution in [0.2, 0.25) is 0 Å². The second-order valence-electron chi connectivity index (χ2n) is 11.5. The molecule has 2 aromatic heterocycles. The molecule has 2 saturated heterocycles. The standard InChI is InChI=1S/C33H37N5O5S/c1-20-19-44-32(36-20)28-9-6-11-38(28)33(41)24-15-22(14-23(16-24)31-34-10-12-43-31)30(40)37-27(13-21-7-4-3-5-8-21)29(39)26-17-25(42-2)18-35-26/h3-5,7-8,10,12,14-16,19,25-29,35,39H,6,9,11,13,17-18H2,1-2H3,(H,37,40). The van der Waals surface area contributed by atoms with Gasteiger partial charge >= 0.3 is 0 Å². The highest BCUT2D eigenvalue weighted by Gasteiger charge is 2.36. The van der Waals surface area contributed by atoms with Crippen LogP contribution in [0.25, 0.3) is 11.5 Å². The van der Waals surface area contributed by atoms with Crippen LogP contribution in [0, 0.1) is 6.92 Å². The van der Waals surface area contributed by atoms with E-state index in [1.165, 1.54) is 12.5 Å². The molecule has 4 heterocycles.